The first-order valence-electron chi connectivity index (χ1n) is 7.10. The van der Waals surface area contributed by atoms with E-state index in [-0.39, 0.29) is 5.82 Å². The summed E-state index contributed by atoms with van der Waals surface area (Å²) in [6, 6.07) is 11.9. The molecule has 106 valence electrons. The number of halogens is 1. The van der Waals surface area contributed by atoms with Crippen LogP contribution < -0.4 is 0 Å². The number of hydrogen-bond acceptors (Lipinski definition) is 1. The van der Waals surface area contributed by atoms with Crippen molar-refractivity contribution in [2.45, 2.75) is 27.7 Å². The van der Waals surface area contributed by atoms with E-state index >= 15 is 0 Å². The van der Waals surface area contributed by atoms with Gasteiger partial charge in [0.1, 0.15) is 5.82 Å². The van der Waals surface area contributed by atoms with E-state index in [1.54, 1.807) is 6.92 Å². The summed E-state index contributed by atoms with van der Waals surface area (Å²) in [4.78, 5) is 4.69. The van der Waals surface area contributed by atoms with Crippen molar-refractivity contribution in [3.8, 4) is 11.3 Å². The fourth-order valence-corrected chi connectivity index (χ4v) is 2.82. The molecule has 0 aliphatic rings. The van der Waals surface area contributed by atoms with E-state index in [0.29, 0.717) is 11.1 Å². The third kappa shape index (κ3) is 2.54. The van der Waals surface area contributed by atoms with Crippen LogP contribution in [-0.2, 0) is 0 Å². The standard InChI is InChI=1S/C19H18FN/c1-11-5-12(2)7-16(6-11)19-14(4)9-15-8-13(3)17(20)10-18(15)21-19/h5-10H,1-4H3. The van der Waals surface area contributed by atoms with Gasteiger partial charge >= 0.3 is 0 Å². The van der Waals surface area contributed by atoms with Gasteiger partial charge in [0, 0.05) is 17.0 Å². The lowest BCUT2D eigenvalue weighted by molar-refractivity contribution is 0.620. The van der Waals surface area contributed by atoms with Crippen LogP contribution in [0.2, 0.25) is 0 Å². The van der Waals surface area contributed by atoms with Gasteiger partial charge in [0.2, 0.25) is 0 Å². The van der Waals surface area contributed by atoms with Crippen LogP contribution in [-0.4, -0.2) is 4.98 Å². The molecular formula is C19H18FN. The van der Waals surface area contributed by atoms with Crippen LogP contribution in [0.4, 0.5) is 4.39 Å². The van der Waals surface area contributed by atoms with Gasteiger partial charge in [-0.05, 0) is 63.1 Å². The van der Waals surface area contributed by atoms with Crippen molar-refractivity contribution in [2.75, 3.05) is 0 Å². The lowest BCUT2D eigenvalue weighted by Gasteiger charge is -2.10. The normalized spacial score (nSPS) is 11.1. The monoisotopic (exact) mass is 279 g/mol. The number of fused-ring (bicyclic) bond motifs is 1. The molecule has 0 aliphatic heterocycles. The second-order valence-electron chi connectivity index (χ2n) is 5.82. The van der Waals surface area contributed by atoms with Gasteiger partial charge in [0.25, 0.3) is 0 Å². The lowest BCUT2D eigenvalue weighted by Crippen LogP contribution is -1.93. The molecule has 0 unspecified atom stereocenters. The first-order valence-corrected chi connectivity index (χ1v) is 7.10. The van der Waals surface area contributed by atoms with E-state index in [4.69, 9.17) is 0 Å². The van der Waals surface area contributed by atoms with Crippen LogP contribution in [0.1, 0.15) is 22.3 Å². The van der Waals surface area contributed by atoms with Crippen LogP contribution in [0, 0.1) is 33.5 Å². The van der Waals surface area contributed by atoms with E-state index in [0.717, 1.165) is 22.2 Å². The highest BCUT2D eigenvalue weighted by Gasteiger charge is 2.09. The lowest BCUT2D eigenvalue weighted by atomic mass is 10.00. The maximum Gasteiger partial charge on any atom is 0.128 e. The van der Waals surface area contributed by atoms with Gasteiger partial charge < -0.3 is 0 Å². The molecular weight excluding hydrogens is 261 g/mol. The minimum absolute atomic E-state index is 0.203. The second-order valence-corrected chi connectivity index (χ2v) is 5.82. The highest BCUT2D eigenvalue weighted by Crippen LogP contribution is 2.28. The van der Waals surface area contributed by atoms with Crippen LogP contribution in [0.25, 0.3) is 22.2 Å². The summed E-state index contributed by atoms with van der Waals surface area (Å²) in [5.41, 5.74) is 6.91. The Bertz CT molecular complexity index is 830. The molecule has 0 saturated carbocycles. The van der Waals surface area contributed by atoms with Crippen molar-refractivity contribution in [1.29, 1.82) is 0 Å². The third-order valence-electron chi connectivity index (χ3n) is 3.78. The molecule has 0 fully saturated rings. The van der Waals surface area contributed by atoms with Crippen molar-refractivity contribution in [3.05, 3.63) is 64.5 Å². The summed E-state index contributed by atoms with van der Waals surface area (Å²) in [6.45, 7) is 7.99. The molecule has 0 amide bonds. The highest BCUT2D eigenvalue weighted by molar-refractivity contribution is 5.84. The largest absolute Gasteiger partial charge is 0.247 e. The number of rotatable bonds is 1. The molecule has 1 heterocycles. The molecule has 1 nitrogen and oxygen atoms in total. The van der Waals surface area contributed by atoms with E-state index in [9.17, 15) is 4.39 Å². The molecule has 2 aromatic carbocycles. The average molecular weight is 279 g/mol. The Morgan fingerprint density at radius 2 is 1.38 bits per heavy atom. The Kier molecular flexibility index (Phi) is 3.25. The summed E-state index contributed by atoms with van der Waals surface area (Å²) in [5.74, 6) is -0.203. The number of benzene rings is 2. The van der Waals surface area contributed by atoms with Crippen LogP contribution in [0.5, 0.6) is 0 Å². The van der Waals surface area contributed by atoms with Gasteiger partial charge in [0.15, 0.2) is 0 Å². The van der Waals surface area contributed by atoms with E-state index in [1.807, 2.05) is 6.07 Å². The Hall–Kier alpha value is -2.22. The Morgan fingerprint density at radius 1 is 0.762 bits per heavy atom. The molecule has 3 aromatic rings. The zero-order valence-corrected chi connectivity index (χ0v) is 12.8. The second kappa shape index (κ2) is 4.96. The molecule has 2 heteroatoms. The van der Waals surface area contributed by atoms with Gasteiger partial charge in [-0.25, -0.2) is 9.37 Å². The summed E-state index contributed by atoms with van der Waals surface area (Å²) < 4.78 is 13.8. The first kappa shape index (κ1) is 13.7. The highest BCUT2D eigenvalue weighted by atomic mass is 19.1. The van der Waals surface area contributed by atoms with E-state index in [2.05, 4.69) is 50.0 Å². The van der Waals surface area contributed by atoms with Crippen molar-refractivity contribution in [3.63, 3.8) is 0 Å². The van der Waals surface area contributed by atoms with Crippen LogP contribution in [0.15, 0.2) is 36.4 Å². The SMILES string of the molecule is Cc1cc(C)cc(-c2nc3cc(F)c(C)cc3cc2C)c1. The molecule has 0 N–H and O–H groups in total. The molecule has 0 bridgehead atoms. The Balaban J connectivity index is 2.27. The van der Waals surface area contributed by atoms with Gasteiger partial charge in [-0.2, -0.15) is 0 Å². The number of pyridine rings is 1. The predicted molar refractivity (Wildman–Crippen MR) is 86.1 cm³/mol. The number of aromatic nitrogens is 1. The Morgan fingerprint density at radius 3 is 2.05 bits per heavy atom. The summed E-state index contributed by atoms with van der Waals surface area (Å²) in [6.07, 6.45) is 0. The minimum atomic E-state index is -0.203. The fraction of sp³-hybridized carbons (Fsp3) is 0.211. The predicted octanol–water partition coefficient (Wildman–Crippen LogP) is 5.27. The molecule has 0 spiro atoms. The average Bonchev–Trinajstić information content (AvgIpc) is 2.39. The molecule has 0 atom stereocenters. The molecule has 3 rings (SSSR count). The topological polar surface area (TPSA) is 12.9 Å². The van der Waals surface area contributed by atoms with E-state index < -0.39 is 0 Å². The maximum atomic E-state index is 13.8. The quantitative estimate of drug-likeness (QED) is 0.591. The molecule has 0 saturated heterocycles. The number of nitrogens with zero attached hydrogens (tertiary/aromatic N) is 1. The van der Waals surface area contributed by atoms with Gasteiger partial charge in [-0.1, -0.05) is 17.2 Å². The van der Waals surface area contributed by atoms with E-state index in [1.165, 1.54) is 17.2 Å². The minimum Gasteiger partial charge on any atom is -0.247 e. The molecule has 0 radical (unpaired) electrons. The summed E-state index contributed by atoms with van der Waals surface area (Å²) >= 11 is 0. The smallest absolute Gasteiger partial charge is 0.128 e. The Labute approximate surface area is 124 Å². The van der Waals surface area contributed by atoms with Crippen molar-refractivity contribution >= 4 is 10.9 Å². The van der Waals surface area contributed by atoms with Crippen molar-refractivity contribution in [2.24, 2.45) is 0 Å². The summed E-state index contributed by atoms with van der Waals surface area (Å²) in [7, 11) is 0. The molecule has 1 aromatic heterocycles. The van der Waals surface area contributed by atoms with Gasteiger partial charge in [0.05, 0.1) is 11.2 Å². The summed E-state index contributed by atoms with van der Waals surface area (Å²) in [5, 5.41) is 0.986. The van der Waals surface area contributed by atoms with Crippen LogP contribution in [0.3, 0.4) is 0 Å². The van der Waals surface area contributed by atoms with Crippen LogP contribution >= 0.6 is 0 Å². The van der Waals surface area contributed by atoms with Gasteiger partial charge in [-0.15, -0.1) is 0 Å². The molecule has 21 heavy (non-hydrogen) atoms. The number of aryl methyl sites for hydroxylation is 4. The van der Waals surface area contributed by atoms with Crippen molar-refractivity contribution in [1.82, 2.24) is 4.98 Å². The maximum absolute atomic E-state index is 13.8. The fourth-order valence-electron chi connectivity index (χ4n) is 2.82. The van der Waals surface area contributed by atoms with Crippen molar-refractivity contribution < 1.29 is 4.39 Å². The first-order chi connectivity index (χ1) is 9.94. The molecule has 0 aliphatic carbocycles. The zero-order valence-electron chi connectivity index (χ0n) is 12.8. The third-order valence-corrected chi connectivity index (χ3v) is 3.78. The zero-order chi connectivity index (χ0) is 15.1. The number of hydrogen-bond donors (Lipinski definition) is 0. The van der Waals surface area contributed by atoms with Gasteiger partial charge in [-0.3, -0.25) is 0 Å².